The molecule has 1 aliphatic heterocycles. The van der Waals surface area contributed by atoms with E-state index in [2.05, 4.69) is 9.47 Å². The van der Waals surface area contributed by atoms with Gasteiger partial charge in [0, 0.05) is 36.6 Å². The topological polar surface area (TPSA) is 158 Å². The fraction of sp³-hybridized carbons (Fsp3) is 0.227. The molecule has 0 aromatic heterocycles. The number of carbonyl (C=O) groups excluding carboxylic acids is 4. The molecule has 1 fully saturated rings. The maximum atomic E-state index is 13.2. The Labute approximate surface area is 361 Å². The van der Waals surface area contributed by atoms with Crippen molar-refractivity contribution >= 4 is 41.1 Å². The SMILES string of the molecule is COC(=O)c1ccc(CN(C(=O)N2CCOCC2)c2cccc(C(F)(F)F)c2)cc1.COC(=O)c1ccc(CN(C(=O)Oc2ccc([N+](=O)[O-])cc2)c2cccc(C(F)(F)F)c2)cc1. The molecule has 0 unspecified atom stereocenters. The van der Waals surface area contributed by atoms with Gasteiger partial charge < -0.3 is 23.8 Å². The zero-order valence-corrected chi connectivity index (χ0v) is 33.9. The number of halogens is 6. The molecule has 3 amide bonds. The Bertz CT molecular complexity index is 2420. The number of rotatable bonds is 10. The van der Waals surface area contributed by atoms with Gasteiger partial charge in [-0.05, 0) is 83.9 Å². The Morgan fingerprint density at radius 3 is 1.52 bits per heavy atom. The van der Waals surface area contributed by atoms with Crippen molar-refractivity contribution in [3.05, 3.63) is 165 Å². The number of urea groups is 1. The highest BCUT2D eigenvalue weighted by Gasteiger charge is 2.33. The first-order chi connectivity index (χ1) is 30.4. The second-order valence-electron chi connectivity index (χ2n) is 13.6. The van der Waals surface area contributed by atoms with Crippen LogP contribution < -0.4 is 14.5 Å². The first-order valence-corrected chi connectivity index (χ1v) is 18.9. The summed E-state index contributed by atoms with van der Waals surface area (Å²) in [7, 11) is 2.49. The molecule has 14 nitrogen and oxygen atoms in total. The number of non-ortho nitro benzene ring substituents is 1. The first-order valence-electron chi connectivity index (χ1n) is 18.9. The number of nitrogens with zero attached hydrogens (tertiary/aromatic N) is 4. The van der Waals surface area contributed by atoms with Crippen LogP contribution in [0.3, 0.4) is 0 Å². The fourth-order valence-electron chi connectivity index (χ4n) is 6.04. The lowest BCUT2D eigenvalue weighted by molar-refractivity contribution is -0.384. The van der Waals surface area contributed by atoms with Crippen molar-refractivity contribution in [2.45, 2.75) is 25.4 Å². The van der Waals surface area contributed by atoms with Crippen LogP contribution in [0.5, 0.6) is 5.75 Å². The Balaban J connectivity index is 0.000000243. The van der Waals surface area contributed by atoms with Crippen LogP contribution in [0, 0.1) is 10.1 Å². The molecule has 0 atom stereocenters. The van der Waals surface area contributed by atoms with E-state index >= 15 is 0 Å². The first kappa shape index (κ1) is 47.6. The van der Waals surface area contributed by atoms with Gasteiger partial charge >= 0.3 is 36.4 Å². The standard InChI is InChI=1S/C23H17F3N2O6.C21H21F3N2O4/c1-33-21(29)16-7-5-15(6-8-16)14-27(19-4-2-3-17(13-19)23(24,25)26)22(30)34-20-11-9-18(10-12-20)28(31)32;1-29-19(27)16-7-5-15(6-8-16)14-26(20(28)25-9-11-30-12-10-25)18-4-2-3-17(13-18)21(22,23)24/h2-13H,14H2,1H3;2-8,13H,9-12,14H2,1H3. The van der Waals surface area contributed by atoms with Gasteiger partial charge in [0.05, 0.1) is 67.7 Å². The molecular weight excluding hydrogens is 858 g/mol. The molecule has 64 heavy (non-hydrogen) atoms. The van der Waals surface area contributed by atoms with Crippen molar-refractivity contribution in [1.82, 2.24) is 4.90 Å². The van der Waals surface area contributed by atoms with Crippen molar-refractivity contribution in [1.29, 1.82) is 0 Å². The smallest absolute Gasteiger partial charge is 0.420 e. The monoisotopic (exact) mass is 896 g/mol. The van der Waals surface area contributed by atoms with Crippen molar-refractivity contribution in [2.75, 3.05) is 50.3 Å². The van der Waals surface area contributed by atoms with Crippen LogP contribution in [0.2, 0.25) is 0 Å². The molecule has 0 N–H and O–H groups in total. The van der Waals surface area contributed by atoms with Gasteiger partial charge in [-0.2, -0.15) is 26.3 Å². The normalized spacial score (nSPS) is 12.5. The number of hydrogen-bond acceptors (Lipinski definition) is 10. The van der Waals surface area contributed by atoms with Crippen molar-refractivity contribution in [3.8, 4) is 5.75 Å². The second kappa shape index (κ2) is 21.1. The van der Waals surface area contributed by atoms with Gasteiger partial charge in [-0.1, -0.05) is 36.4 Å². The minimum absolute atomic E-state index is 0.0337. The molecule has 5 aromatic rings. The number of benzene rings is 5. The van der Waals surface area contributed by atoms with E-state index in [1.807, 2.05) is 0 Å². The molecule has 336 valence electrons. The molecule has 20 heteroatoms. The summed E-state index contributed by atoms with van der Waals surface area (Å²) in [6.07, 6.45) is -10.2. The van der Waals surface area contributed by atoms with Gasteiger partial charge in [0.15, 0.2) is 0 Å². The van der Waals surface area contributed by atoms with Gasteiger partial charge in [0.25, 0.3) is 5.69 Å². The highest BCUT2D eigenvalue weighted by atomic mass is 19.4. The quantitative estimate of drug-likeness (QED) is 0.0572. The Morgan fingerprint density at radius 1 is 0.656 bits per heavy atom. The summed E-state index contributed by atoms with van der Waals surface area (Å²) >= 11 is 0. The number of morpholine rings is 1. The van der Waals surface area contributed by atoms with Crippen LogP contribution in [0.15, 0.2) is 121 Å². The van der Waals surface area contributed by atoms with Gasteiger partial charge in [-0.25, -0.2) is 19.2 Å². The molecule has 0 bridgehead atoms. The maximum absolute atomic E-state index is 13.2. The van der Waals surface area contributed by atoms with Crippen LogP contribution in [0.1, 0.15) is 43.0 Å². The molecule has 6 rings (SSSR count). The number of methoxy groups -OCH3 is 2. The second-order valence-corrected chi connectivity index (χ2v) is 13.6. The van der Waals surface area contributed by atoms with Crippen LogP contribution >= 0.6 is 0 Å². The summed E-state index contributed by atoms with van der Waals surface area (Å²) in [6, 6.07) is 25.4. The summed E-state index contributed by atoms with van der Waals surface area (Å²) in [4.78, 5) is 63.3. The fourth-order valence-corrected chi connectivity index (χ4v) is 6.04. The minimum Gasteiger partial charge on any atom is -0.465 e. The van der Waals surface area contributed by atoms with E-state index in [4.69, 9.17) is 9.47 Å². The Morgan fingerprint density at radius 2 is 1.09 bits per heavy atom. The number of alkyl halides is 6. The van der Waals surface area contributed by atoms with Gasteiger partial charge in [-0.3, -0.25) is 19.9 Å². The minimum atomic E-state index is -4.63. The summed E-state index contributed by atoms with van der Waals surface area (Å²) in [5.41, 5.74) is -0.221. The van der Waals surface area contributed by atoms with E-state index in [9.17, 15) is 55.6 Å². The van der Waals surface area contributed by atoms with Gasteiger partial charge in [0.2, 0.25) is 0 Å². The van der Waals surface area contributed by atoms with Crippen LogP contribution in [0.4, 0.5) is 53.0 Å². The lowest BCUT2D eigenvalue weighted by Crippen LogP contribution is -2.48. The number of ether oxygens (including phenoxy) is 4. The van der Waals surface area contributed by atoms with Gasteiger partial charge in [0.1, 0.15) is 5.75 Å². The van der Waals surface area contributed by atoms with Crippen molar-refractivity contribution in [2.24, 2.45) is 0 Å². The van der Waals surface area contributed by atoms with Crippen molar-refractivity contribution in [3.63, 3.8) is 0 Å². The summed E-state index contributed by atoms with van der Waals surface area (Å²) in [6.45, 7) is 1.31. The summed E-state index contributed by atoms with van der Waals surface area (Å²) < 4.78 is 99.1. The average molecular weight is 897 g/mol. The Kier molecular flexibility index (Phi) is 15.7. The highest BCUT2D eigenvalue weighted by Crippen LogP contribution is 2.34. The number of anilines is 2. The third kappa shape index (κ3) is 12.8. The number of nitro groups is 1. The molecule has 1 aliphatic rings. The van der Waals surface area contributed by atoms with Crippen molar-refractivity contribution < 1.29 is 69.4 Å². The van der Waals surface area contributed by atoms with E-state index in [0.717, 1.165) is 47.4 Å². The van der Waals surface area contributed by atoms with E-state index < -0.39 is 52.5 Å². The molecule has 5 aromatic carbocycles. The predicted molar refractivity (Wildman–Crippen MR) is 218 cm³/mol. The summed E-state index contributed by atoms with van der Waals surface area (Å²) in [5, 5.41) is 10.8. The molecule has 0 spiro atoms. The van der Waals surface area contributed by atoms with E-state index in [1.54, 1.807) is 29.2 Å². The molecule has 0 saturated carbocycles. The Hall–Kier alpha value is -7.48. The van der Waals surface area contributed by atoms with Crippen LogP contribution in [-0.4, -0.2) is 74.4 Å². The predicted octanol–water partition coefficient (Wildman–Crippen LogP) is 9.56. The number of nitro benzene ring substituents is 1. The third-order valence-corrected chi connectivity index (χ3v) is 9.39. The van der Waals surface area contributed by atoms with Crippen LogP contribution in [0.25, 0.3) is 0 Å². The number of esters is 2. The zero-order chi connectivity index (χ0) is 46.6. The molecule has 1 heterocycles. The summed E-state index contributed by atoms with van der Waals surface area (Å²) in [5.74, 6) is -1.10. The lowest BCUT2D eigenvalue weighted by atomic mass is 10.1. The maximum Gasteiger partial charge on any atom is 0.420 e. The van der Waals surface area contributed by atoms with E-state index in [1.165, 1.54) is 73.7 Å². The highest BCUT2D eigenvalue weighted by molar-refractivity contribution is 5.93. The third-order valence-electron chi connectivity index (χ3n) is 9.39. The molecule has 0 aliphatic carbocycles. The largest absolute Gasteiger partial charge is 0.465 e. The van der Waals surface area contributed by atoms with Gasteiger partial charge in [-0.15, -0.1) is 0 Å². The zero-order valence-electron chi connectivity index (χ0n) is 33.9. The lowest BCUT2D eigenvalue weighted by Gasteiger charge is -2.33. The number of amides is 3. The molecular formula is C44H38F6N4O10. The van der Waals surface area contributed by atoms with E-state index in [-0.39, 0.29) is 41.5 Å². The average Bonchev–Trinajstić information content (AvgIpc) is 3.29. The van der Waals surface area contributed by atoms with Crippen LogP contribution in [-0.2, 0) is 39.7 Å². The number of hydrogen-bond donors (Lipinski definition) is 0. The number of carbonyl (C=O) groups is 4. The molecule has 0 radical (unpaired) electrons. The van der Waals surface area contributed by atoms with E-state index in [0.29, 0.717) is 43.0 Å². The molecule has 1 saturated heterocycles.